The van der Waals surface area contributed by atoms with Crippen LogP contribution in [0.2, 0.25) is 0 Å². The molecule has 0 fully saturated rings. The van der Waals surface area contributed by atoms with E-state index in [0.717, 1.165) is 39.9 Å². The Kier molecular flexibility index (Phi) is 3.50. The SMILES string of the molecule is Fc1ccc(Br)c(C(Cl)c2ccc3c(c2)CCO3)c1. The van der Waals surface area contributed by atoms with Crippen LogP contribution >= 0.6 is 27.5 Å². The van der Waals surface area contributed by atoms with Crippen LogP contribution in [0.5, 0.6) is 5.75 Å². The van der Waals surface area contributed by atoms with Gasteiger partial charge in [-0.05, 0) is 41.0 Å². The molecule has 1 aliphatic rings. The summed E-state index contributed by atoms with van der Waals surface area (Å²) in [4.78, 5) is 0. The van der Waals surface area contributed by atoms with E-state index >= 15 is 0 Å². The number of rotatable bonds is 2. The quantitative estimate of drug-likeness (QED) is 0.709. The van der Waals surface area contributed by atoms with Crippen molar-refractivity contribution >= 4 is 27.5 Å². The Bertz CT molecular complexity index is 630. The first kappa shape index (κ1) is 12.9. The molecule has 0 aromatic heterocycles. The summed E-state index contributed by atoms with van der Waals surface area (Å²) in [7, 11) is 0. The summed E-state index contributed by atoms with van der Waals surface area (Å²) in [6.07, 6.45) is 0.900. The molecule has 98 valence electrons. The molecular formula is C15H11BrClFO. The zero-order valence-electron chi connectivity index (χ0n) is 10.00. The lowest BCUT2D eigenvalue weighted by molar-refractivity contribution is 0.357. The fourth-order valence-electron chi connectivity index (χ4n) is 2.25. The number of fused-ring (bicyclic) bond motifs is 1. The van der Waals surface area contributed by atoms with Crippen LogP contribution in [0.25, 0.3) is 0 Å². The monoisotopic (exact) mass is 340 g/mol. The minimum absolute atomic E-state index is 0.284. The van der Waals surface area contributed by atoms with Gasteiger partial charge in [0.05, 0.1) is 12.0 Å². The van der Waals surface area contributed by atoms with Crippen molar-refractivity contribution < 1.29 is 9.13 Å². The fourth-order valence-corrected chi connectivity index (χ4v) is 3.18. The predicted molar refractivity (Wildman–Crippen MR) is 77.4 cm³/mol. The molecule has 0 N–H and O–H groups in total. The molecule has 1 aliphatic heterocycles. The lowest BCUT2D eigenvalue weighted by Crippen LogP contribution is -1.96. The van der Waals surface area contributed by atoms with Crippen LogP contribution in [-0.4, -0.2) is 6.61 Å². The van der Waals surface area contributed by atoms with Crippen molar-refractivity contribution in [1.29, 1.82) is 0 Å². The Morgan fingerprint density at radius 2 is 2.05 bits per heavy atom. The summed E-state index contributed by atoms with van der Waals surface area (Å²) in [6.45, 7) is 0.718. The van der Waals surface area contributed by atoms with E-state index in [4.69, 9.17) is 16.3 Å². The zero-order valence-corrected chi connectivity index (χ0v) is 12.3. The summed E-state index contributed by atoms with van der Waals surface area (Å²) >= 11 is 9.89. The summed E-state index contributed by atoms with van der Waals surface area (Å²) in [6, 6.07) is 10.5. The van der Waals surface area contributed by atoms with Gasteiger partial charge in [0.25, 0.3) is 0 Å². The molecule has 1 heterocycles. The van der Waals surface area contributed by atoms with Gasteiger partial charge < -0.3 is 4.74 Å². The third-order valence-electron chi connectivity index (χ3n) is 3.24. The molecule has 1 atom stereocenters. The van der Waals surface area contributed by atoms with Crippen LogP contribution in [0.15, 0.2) is 40.9 Å². The van der Waals surface area contributed by atoms with E-state index < -0.39 is 0 Å². The van der Waals surface area contributed by atoms with E-state index in [0.29, 0.717) is 0 Å². The second-order valence-corrected chi connectivity index (χ2v) is 5.78. The van der Waals surface area contributed by atoms with Crippen molar-refractivity contribution in [2.75, 3.05) is 6.61 Å². The summed E-state index contributed by atoms with van der Waals surface area (Å²) in [5.41, 5.74) is 2.86. The van der Waals surface area contributed by atoms with Crippen molar-refractivity contribution in [3.05, 3.63) is 63.4 Å². The lowest BCUT2D eigenvalue weighted by Gasteiger charge is -2.13. The van der Waals surface area contributed by atoms with E-state index in [9.17, 15) is 4.39 Å². The molecule has 4 heteroatoms. The highest BCUT2D eigenvalue weighted by Gasteiger charge is 2.18. The average molecular weight is 342 g/mol. The third kappa shape index (κ3) is 2.49. The van der Waals surface area contributed by atoms with Crippen molar-refractivity contribution in [3.8, 4) is 5.75 Å². The number of alkyl halides is 1. The molecule has 0 spiro atoms. The largest absolute Gasteiger partial charge is 0.493 e. The second-order valence-electron chi connectivity index (χ2n) is 4.49. The molecule has 3 rings (SSSR count). The van der Waals surface area contributed by atoms with Gasteiger partial charge in [0.15, 0.2) is 0 Å². The fraction of sp³-hybridized carbons (Fsp3) is 0.200. The number of ether oxygens (including phenoxy) is 1. The smallest absolute Gasteiger partial charge is 0.123 e. The first-order valence-electron chi connectivity index (χ1n) is 6.00. The van der Waals surface area contributed by atoms with Gasteiger partial charge in [-0.25, -0.2) is 4.39 Å². The maximum atomic E-state index is 13.3. The first-order valence-corrected chi connectivity index (χ1v) is 7.23. The van der Waals surface area contributed by atoms with Gasteiger partial charge >= 0.3 is 0 Å². The molecule has 0 aliphatic carbocycles. The highest BCUT2D eigenvalue weighted by molar-refractivity contribution is 9.10. The van der Waals surface area contributed by atoms with Crippen molar-refractivity contribution in [2.24, 2.45) is 0 Å². The highest BCUT2D eigenvalue weighted by Crippen LogP contribution is 2.37. The Balaban J connectivity index is 1.99. The van der Waals surface area contributed by atoms with E-state index in [-0.39, 0.29) is 11.2 Å². The Morgan fingerprint density at radius 1 is 1.21 bits per heavy atom. The molecule has 1 unspecified atom stereocenters. The minimum Gasteiger partial charge on any atom is -0.493 e. The van der Waals surface area contributed by atoms with Crippen LogP contribution in [-0.2, 0) is 6.42 Å². The van der Waals surface area contributed by atoms with Crippen molar-refractivity contribution in [3.63, 3.8) is 0 Å². The topological polar surface area (TPSA) is 9.23 Å². The molecule has 2 aromatic carbocycles. The Hall–Kier alpha value is -1.06. The van der Waals surface area contributed by atoms with Crippen LogP contribution in [0.4, 0.5) is 4.39 Å². The maximum Gasteiger partial charge on any atom is 0.123 e. The van der Waals surface area contributed by atoms with E-state index in [1.165, 1.54) is 12.1 Å². The molecule has 0 saturated carbocycles. The van der Waals surface area contributed by atoms with Gasteiger partial charge in [-0.1, -0.05) is 28.1 Å². The van der Waals surface area contributed by atoms with Crippen molar-refractivity contribution in [1.82, 2.24) is 0 Å². The van der Waals surface area contributed by atoms with E-state index in [1.54, 1.807) is 6.07 Å². The third-order valence-corrected chi connectivity index (χ3v) is 4.45. The van der Waals surface area contributed by atoms with Crippen LogP contribution < -0.4 is 4.74 Å². The molecule has 19 heavy (non-hydrogen) atoms. The summed E-state index contributed by atoms with van der Waals surface area (Å²) < 4.78 is 19.6. The highest BCUT2D eigenvalue weighted by atomic mass is 79.9. The summed E-state index contributed by atoms with van der Waals surface area (Å²) in [5, 5.41) is -0.379. The molecular weight excluding hydrogens is 331 g/mol. The van der Waals surface area contributed by atoms with E-state index in [2.05, 4.69) is 15.9 Å². The number of benzene rings is 2. The van der Waals surface area contributed by atoms with Gasteiger partial charge in [0.2, 0.25) is 0 Å². The van der Waals surface area contributed by atoms with E-state index in [1.807, 2.05) is 18.2 Å². The Labute approximate surface area is 124 Å². The second kappa shape index (κ2) is 5.14. The molecule has 0 bridgehead atoms. The summed E-state index contributed by atoms with van der Waals surface area (Å²) in [5.74, 6) is 0.638. The van der Waals surface area contributed by atoms with Crippen LogP contribution in [0.3, 0.4) is 0 Å². The maximum absolute atomic E-state index is 13.3. The molecule has 2 aromatic rings. The standard InChI is InChI=1S/C15H11BrClFO/c16-13-3-2-11(18)8-12(13)15(17)10-1-4-14-9(7-10)5-6-19-14/h1-4,7-8,15H,5-6H2. The van der Waals surface area contributed by atoms with Crippen LogP contribution in [0, 0.1) is 5.82 Å². The van der Waals surface area contributed by atoms with Crippen LogP contribution in [0.1, 0.15) is 22.1 Å². The van der Waals surface area contributed by atoms with Gasteiger partial charge in [0, 0.05) is 10.9 Å². The predicted octanol–water partition coefficient (Wildman–Crippen LogP) is 4.85. The molecule has 1 nitrogen and oxygen atoms in total. The Morgan fingerprint density at radius 3 is 2.89 bits per heavy atom. The molecule has 0 amide bonds. The number of hydrogen-bond donors (Lipinski definition) is 0. The first-order chi connectivity index (χ1) is 9.15. The number of halogens is 3. The zero-order chi connectivity index (χ0) is 13.4. The minimum atomic E-state index is -0.379. The van der Waals surface area contributed by atoms with Crippen molar-refractivity contribution in [2.45, 2.75) is 11.8 Å². The van der Waals surface area contributed by atoms with Gasteiger partial charge in [-0.3, -0.25) is 0 Å². The van der Waals surface area contributed by atoms with Gasteiger partial charge in [-0.15, -0.1) is 11.6 Å². The number of hydrogen-bond acceptors (Lipinski definition) is 1. The van der Waals surface area contributed by atoms with Gasteiger partial charge in [0.1, 0.15) is 11.6 Å². The normalized spacial score (nSPS) is 14.9. The lowest BCUT2D eigenvalue weighted by atomic mass is 10.0. The average Bonchev–Trinajstić information content (AvgIpc) is 2.88. The molecule has 0 radical (unpaired) electrons. The molecule has 0 saturated heterocycles. The van der Waals surface area contributed by atoms with Gasteiger partial charge in [-0.2, -0.15) is 0 Å².